The van der Waals surface area contributed by atoms with Crippen molar-refractivity contribution < 1.29 is 0 Å². The minimum atomic E-state index is -0.113. The summed E-state index contributed by atoms with van der Waals surface area (Å²) < 4.78 is 0. The molecule has 3 aromatic rings. The van der Waals surface area contributed by atoms with Gasteiger partial charge in [0, 0.05) is 0 Å². The van der Waals surface area contributed by atoms with E-state index in [0.29, 0.717) is 5.92 Å². The maximum Gasteiger partial charge on any atom is 0.0688 e. The van der Waals surface area contributed by atoms with E-state index < -0.39 is 0 Å². The first-order valence-corrected chi connectivity index (χ1v) is 9.53. The van der Waals surface area contributed by atoms with Crippen molar-refractivity contribution in [2.75, 3.05) is 0 Å². The van der Waals surface area contributed by atoms with Crippen molar-refractivity contribution in [1.29, 1.82) is 0 Å². The molecule has 3 aliphatic carbocycles. The monoisotopic (exact) mass is 332 g/mol. The van der Waals surface area contributed by atoms with Gasteiger partial charge in [0.15, 0.2) is 0 Å². The van der Waals surface area contributed by atoms with Crippen LogP contribution in [0, 0.1) is 5.92 Å². The van der Waals surface area contributed by atoms with Gasteiger partial charge in [-0.1, -0.05) is 91.9 Å². The average Bonchev–Trinajstić information content (AvgIpc) is 3.15. The van der Waals surface area contributed by atoms with E-state index in [9.17, 15) is 0 Å². The topological polar surface area (TPSA) is 0 Å². The van der Waals surface area contributed by atoms with Crippen molar-refractivity contribution >= 4 is 5.57 Å². The molecule has 0 heterocycles. The third kappa shape index (κ3) is 1.52. The lowest BCUT2D eigenvalue weighted by Crippen LogP contribution is -2.28. The number of allylic oxidation sites excluding steroid dienone is 4. The minimum Gasteiger partial charge on any atom is -0.0808 e. The van der Waals surface area contributed by atoms with Crippen molar-refractivity contribution in [1.82, 2.24) is 0 Å². The molecular weight excluding hydrogens is 312 g/mol. The molecule has 1 unspecified atom stereocenters. The second-order valence-corrected chi connectivity index (χ2v) is 7.82. The van der Waals surface area contributed by atoms with Crippen molar-refractivity contribution in [2.24, 2.45) is 5.92 Å². The third-order valence-corrected chi connectivity index (χ3v) is 6.47. The highest BCUT2D eigenvalue weighted by Crippen LogP contribution is 2.63. The zero-order chi connectivity index (χ0) is 17.3. The highest BCUT2D eigenvalue weighted by Gasteiger charge is 2.52. The number of hydrogen-bond donors (Lipinski definition) is 0. The first-order valence-electron chi connectivity index (χ1n) is 9.53. The van der Waals surface area contributed by atoms with E-state index in [-0.39, 0.29) is 5.41 Å². The van der Waals surface area contributed by atoms with Gasteiger partial charge >= 0.3 is 0 Å². The molecular formula is C26H20. The standard InChI is InChI=1S/C26H20/c1-17-14-15-21-20-10-4-7-13-24(20)26(25(21)16-17)22-11-5-2-8-18(22)19-9-3-6-12-23(19)26/h2-15,17H,16H2,1H3. The highest BCUT2D eigenvalue weighted by atomic mass is 14.5. The van der Waals surface area contributed by atoms with Gasteiger partial charge in [-0.2, -0.15) is 0 Å². The molecule has 1 atom stereocenters. The molecule has 0 saturated heterocycles. The Kier molecular flexibility index (Phi) is 2.68. The van der Waals surface area contributed by atoms with Crippen LogP contribution in [-0.4, -0.2) is 0 Å². The lowest BCUT2D eigenvalue weighted by atomic mass is 9.67. The predicted molar refractivity (Wildman–Crippen MR) is 108 cm³/mol. The first kappa shape index (κ1) is 14.3. The van der Waals surface area contributed by atoms with Crippen molar-refractivity contribution in [3.8, 4) is 11.1 Å². The summed E-state index contributed by atoms with van der Waals surface area (Å²) in [5.74, 6) is 0.583. The number of hydrogen-bond acceptors (Lipinski definition) is 0. The summed E-state index contributed by atoms with van der Waals surface area (Å²) in [5.41, 5.74) is 11.5. The van der Waals surface area contributed by atoms with Crippen molar-refractivity contribution in [3.05, 3.63) is 113 Å². The molecule has 3 aliphatic rings. The largest absolute Gasteiger partial charge is 0.0808 e. The van der Waals surface area contributed by atoms with Crippen LogP contribution in [0.15, 0.2) is 90.5 Å². The van der Waals surface area contributed by atoms with Gasteiger partial charge in [0.05, 0.1) is 5.41 Å². The molecule has 0 heteroatoms. The number of fused-ring (bicyclic) bond motifs is 9. The van der Waals surface area contributed by atoms with Gasteiger partial charge in [0.1, 0.15) is 0 Å². The minimum absolute atomic E-state index is 0.113. The maximum atomic E-state index is 2.38. The molecule has 0 N–H and O–H groups in total. The van der Waals surface area contributed by atoms with E-state index in [1.54, 1.807) is 5.57 Å². The highest BCUT2D eigenvalue weighted by molar-refractivity contribution is 5.96. The van der Waals surface area contributed by atoms with Crippen molar-refractivity contribution in [3.63, 3.8) is 0 Å². The molecule has 0 nitrogen and oxygen atoms in total. The Labute approximate surface area is 154 Å². The Bertz CT molecular complexity index is 1080. The van der Waals surface area contributed by atoms with Gasteiger partial charge in [-0.25, -0.2) is 0 Å². The Morgan fingerprint density at radius 3 is 1.81 bits per heavy atom. The lowest BCUT2D eigenvalue weighted by Gasteiger charge is -2.34. The van der Waals surface area contributed by atoms with E-state index in [4.69, 9.17) is 0 Å². The maximum absolute atomic E-state index is 2.38. The molecule has 3 aromatic carbocycles. The van der Waals surface area contributed by atoms with Crippen molar-refractivity contribution in [2.45, 2.75) is 18.8 Å². The fraction of sp³-hybridized carbons (Fsp3) is 0.154. The van der Waals surface area contributed by atoms with Gasteiger partial charge < -0.3 is 0 Å². The Balaban J connectivity index is 1.82. The predicted octanol–water partition coefficient (Wildman–Crippen LogP) is 6.36. The fourth-order valence-electron chi connectivity index (χ4n) is 5.53. The van der Waals surface area contributed by atoms with E-state index >= 15 is 0 Å². The van der Waals surface area contributed by atoms with Crippen LogP contribution in [0.5, 0.6) is 0 Å². The summed E-state index contributed by atoms with van der Waals surface area (Å²) in [4.78, 5) is 0. The molecule has 26 heavy (non-hydrogen) atoms. The normalized spacial score (nSPS) is 20.7. The van der Waals surface area contributed by atoms with E-state index in [0.717, 1.165) is 6.42 Å². The quantitative estimate of drug-likeness (QED) is 0.449. The zero-order valence-corrected chi connectivity index (χ0v) is 14.9. The van der Waals surface area contributed by atoms with E-state index in [1.807, 2.05) is 0 Å². The number of benzene rings is 3. The Hall–Kier alpha value is -2.86. The SMILES string of the molecule is CC1C=CC2=C(C1)C1(c3ccccc32)c2ccccc2-c2ccccc21. The molecule has 0 aliphatic heterocycles. The van der Waals surface area contributed by atoms with Gasteiger partial charge in [0.25, 0.3) is 0 Å². The summed E-state index contributed by atoms with van der Waals surface area (Å²) in [6.07, 6.45) is 5.88. The van der Waals surface area contributed by atoms with Crippen LogP contribution in [0.3, 0.4) is 0 Å². The van der Waals surface area contributed by atoms with Gasteiger partial charge in [-0.3, -0.25) is 0 Å². The molecule has 124 valence electrons. The molecule has 0 radical (unpaired) electrons. The van der Waals surface area contributed by atoms with Gasteiger partial charge in [-0.15, -0.1) is 0 Å². The summed E-state index contributed by atoms with van der Waals surface area (Å²) in [6.45, 7) is 2.34. The van der Waals surface area contributed by atoms with Gasteiger partial charge in [0.2, 0.25) is 0 Å². The average molecular weight is 332 g/mol. The van der Waals surface area contributed by atoms with Crippen LogP contribution >= 0.6 is 0 Å². The van der Waals surface area contributed by atoms with Crippen LogP contribution in [0.1, 0.15) is 35.6 Å². The second kappa shape index (κ2) is 4.86. The molecule has 0 saturated carbocycles. The first-order chi connectivity index (χ1) is 12.8. The van der Waals surface area contributed by atoms with Crippen LogP contribution in [0.4, 0.5) is 0 Å². The Morgan fingerprint density at radius 1 is 0.692 bits per heavy atom. The molecule has 0 amide bonds. The Morgan fingerprint density at radius 2 is 1.19 bits per heavy atom. The third-order valence-electron chi connectivity index (χ3n) is 6.47. The van der Waals surface area contributed by atoms with Gasteiger partial charge in [-0.05, 0) is 56.9 Å². The molecule has 1 spiro atoms. The summed E-state index contributed by atoms with van der Waals surface area (Å²) in [7, 11) is 0. The molecule has 0 fully saturated rings. The van der Waals surface area contributed by atoms with Crippen LogP contribution in [-0.2, 0) is 5.41 Å². The molecule has 6 rings (SSSR count). The van der Waals surface area contributed by atoms with Crippen LogP contribution in [0.2, 0.25) is 0 Å². The smallest absolute Gasteiger partial charge is 0.0688 e. The second-order valence-electron chi connectivity index (χ2n) is 7.82. The summed E-state index contributed by atoms with van der Waals surface area (Å²) >= 11 is 0. The van der Waals surface area contributed by atoms with Crippen LogP contribution in [0.25, 0.3) is 16.7 Å². The summed E-state index contributed by atoms with van der Waals surface area (Å²) in [5, 5.41) is 0. The fourth-order valence-corrected chi connectivity index (χ4v) is 5.53. The lowest BCUT2D eigenvalue weighted by molar-refractivity contribution is 0.630. The zero-order valence-electron chi connectivity index (χ0n) is 14.9. The molecule has 0 aromatic heterocycles. The molecule has 0 bridgehead atoms. The van der Waals surface area contributed by atoms with Crippen LogP contribution < -0.4 is 0 Å². The summed E-state index contributed by atoms with van der Waals surface area (Å²) in [6, 6.07) is 27.1. The van der Waals surface area contributed by atoms with E-state index in [2.05, 4.69) is 91.9 Å². The number of rotatable bonds is 0. The van der Waals surface area contributed by atoms with E-state index in [1.165, 1.54) is 39.0 Å².